The number of aromatic nitrogens is 1. The van der Waals surface area contributed by atoms with Gasteiger partial charge in [0.1, 0.15) is 0 Å². The van der Waals surface area contributed by atoms with E-state index in [4.69, 9.17) is 9.29 Å². The third kappa shape index (κ3) is 6.65. The van der Waals surface area contributed by atoms with Gasteiger partial charge in [-0.05, 0) is 50.8 Å². The number of rotatable bonds is 8. The molecule has 0 bridgehead atoms. The molecule has 1 aromatic rings. The highest BCUT2D eigenvalue weighted by atomic mass is 32.2. The summed E-state index contributed by atoms with van der Waals surface area (Å²) in [5, 5.41) is 0. The Morgan fingerprint density at radius 2 is 1.89 bits per heavy atom. The Kier molecular flexibility index (Phi) is 7.52. The molecule has 1 aliphatic heterocycles. The number of hydrogen-bond acceptors (Lipinski definition) is 4. The Morgan fingerprint density at radius 3 is 2.41 bits per heavy atom. The fourth-order valence-electron chi connectivity index (χ4n) is 2.91. The number of piperidine rings is 1. The first-order valence-corrected chi connectivity index (χ1v) is 9.56. The van der Waals surface area contributed by atoms with Gasteiger partial charge in [0.05, 0.1) is 18.0 Å². The van der Waals surface area contributed by atoms with E-state index < -0.39 is 29.7 Å². The van der Waals surface area contributed by atoms with Crippen LogP contribution in [0.15, 0.2) is 23.2 Å². The lowest BCUT2D eigenvalue weighted by Gasteiger charge is -2.34. The minimum Gasteiger partial charge on any atom is -0.478 e. The van der Waals surface area contributed by atoms with Crippen LogP contribution in [0.2, 0.25) is 0 Å². The fraction of sp³-hybridized carbons (Fsp3) is 0.688. The first kappa shape index (κ1) is 22.0. The number of halogens is 5. The van der Waals surface area contributed by atoms with Crippen LogP contribution in [0, 0.1) is 5.92 Å². The topological polar surface area (TPSA) is 62.7 Å². The van der Waals surface area contributed by atoms with E-state index in [9.17, 15) is 26.2 Å². The summed E-state index contributed by atoms with van der Waals surface area (Å²) < 4.78 is 88.0. The molecule has 1 N–H and O–H groups in total. The van der Waals surface area contributed by atoms with Gasteiger partial charge in [0, 0.05) is 12.3 Å². The number of alkyl halides is 5. The quantitative estimate of drug-likeness (QED) is 0.398. The third-order valence-electron chi connectivity index (χ3n) is 4.46. The average molecular weight is 416 g/mol. The monoisotopic (exact) mass is 416 g/mol. The maximum atomic E-state index is 13.1. The van der Waals surface area contributed by atoms with Crippen LogP contribution in [0.4, 0.5) is 22.0 Å². The molecule has 27 heavy (non-hydrogen) atoms. The summed E-state index contributed by atoms with van der Waals surface area (Å²) in [6.07, 6.45) is -1.65. The third-order valence-corrected chi connectivity index (χ3v) is 5.11. The van der Waals surface area contributed by atoms with Gasteiger partial charge in [0.15, 0.2) is 11.1 Å². The summed E-state index contributed by atoms with van der Waals surface area (Å²) in [5.74, 6) is -4.09. The molecular formula is C16H21F5N2O3S. The van der Waals surface area contributed by atoms with E-state index in [0.29, 0.717) is 31.7 Å². The van der Waals surface area contributed by atoms with E-state index in [0.717, 1.165) is 11.3 Å². The van der Waals surface area contributed by atoms with Gasteiger partial charge < -0.3 is 9.29 Å². The smallest absolute Gasteiger partial charge is 0.454 e. The molecule has 1 aliphatic rings. The first-order chi connectivity index (χ1) is 12.6. The minimum absolute atomic E-state index is 0.171. The molecule has 0 radical (unpaired) electrons. The van der Waals surface area contributed by atoms with Gasteiger partial charge in [-0.2, -0.15) is 22.0 Å². The van der Waals surface area contributed by atoms with Crippen LogP contribution in [0.3, 0.4) is 0 Å². The van der Waals surface area contributed by atoms with Gasteiger partial charge in [-0.25, -0.2) is 9.19 Å². The molecule has 11 heteroatoms. The summed E-state index contributed by atoms with van der Waals surface area (Å²) >= 11 is -2.09. The molecule has 2 heterocycles. The zero-order valence-electron chi connectivity index (χ0n) is 14.4. The van der Waals surface area contributed by atoms with Crippen molar-refractivity contribution in [1.82, 2.24) is 9.88 Å². The molecule has 1 aromatic heterocycles. The lowest BCUT2D eigenvalue weighted by Crippen LogP contribution is -2.49. The molecule has 5 nitrogen and oxygen atoms in total. The Balaban J connectivity index is 1.64. The Hall–Kier alpha value is -1.33. The van der Waals surface area contributed by atoms with E-state index in [1.165, 1.54) is 18.3 Å². The van der Waals surface area contributed by atoms with Crippen molar-refractivity contribution in [3.05, 3.63) is 18.3 Å². The number of hydrogen-bond donors (Lipinski definition) is 1. The van der Waals surface area contributed by atoms with Gasteiger partial charge in [-0.1, -0.05) is 0 Å². The average Bonchev–Trinajstić information content (AvgIpc) is 2.59. The van der Waals surface area contributed by atoms with Crippen molar-refractivity contribution in [2.75, 3.05) is 26.2 Å². The lowest BCUT2D eigenvalue weighted by molar-refractivity contribution is -0.287. The lowest BCUT2D eigenvalue weighted by atomic mass is 9.92. The molecule has 0 spiro atoms. The van der Waals surface area contributed by atoms with Crippen molar-refractivity contribution in [3.63, 3.8) is 0 Å². The van der Waals surface area contributed by atoms with E-state index in [1.807, 2.05) is 0 Å². The summed E-state index contributed by atoms with van der Waals surface area (Å²) in [4.78, 5) is 5.24. The highest BCUT2D eigenvalue weighted by molar-refractivity contribution is 7.79. The van der Waals surface area contributed by atoms with E-state index in [-0.39, 0.29) is 23.9 Å². The van der Waals surface area contributed by atoms with Crippen molar-refractivity contribution in [2.45, 2.75) is 42.7 Å². The first-order valence-electron chi connectivity index (χ1n) is 8.45. The van der Waals surface area contributed by atoms with E-state index >= 15 is 0 Å². The van der Waals surface area contributed by atoms with Crippen LogP contribution >= 0.6 is 0 Å². The highest BCUT2D eigenvalue weighted by Crippen LogP contribution is 2.36. The predicted octanol–water partition coefficient (Wildman–Crippen LogP) is 3.73. The molecule has 1 fully saturated rings. The Bertz CT molecular complexity index is 619. The number of nitrogens with zero attached hydrogens (tertiary/aromatic N) is 2. The molecular weight excluding hydrogens is 395 g/mol. The number of ether oxygens (including phenoxy) is 1. The second kappa shape index (κ2) is 9.24. The Labute approximate surface area is 156 Å². The maximum absolute atomic E-state index is 13.1. The maximum Gasteiger partial charge on any atom is 0.454 e. The molecule has 1 atom stereocenters. The summed E-state index contributed by atoms with van der Waals surface area (Å²) in [6.45, 7) is -0.468. The minimum atomic E-state index is -5.51. The highest BCUT2D eigenvalue weighted by Gasteiger charge is 2.58. The molecule has 1 unspecified atom stereocenters. The molecule has 0 aliphatic carbocycles. The van der Waals surface area contributed by atoms with Gasteiger partial charge in [0.25, 0.3) is 0 Å². The normalized spacial score (nSPS) is 18.4. The van der Waals surface area contributed by atoms with Crippen LogP contribution < -0.4 is 4.74 Å². The molecule has 2 rings (SSSR count). The van der Waals surface area contributed by atoms with Gasteiger partial charge in [-0.3, -0.25) is 4.90 Å². The van der Waals surface area contributed by atoms with E-state index in [2.05, 4.69) is 4.98 Å². The fourth-order valence-corrected chi connectivity index (χ4v) is 3.24. The number of likely N-dealkylation sites (tertiary alicyclic amines) is 1. The molecule has 1 saturated heterocycles. The molecule has 0 saturated carbocycles. The van der Waals surface area contributed by atoms with Crippen LogP contribution in [-0.4, -0.2) is 57.0 Å². The van der Waals surface area contributed by atoms with Gasteiger partial charge in [-0.15, -0.1) is 0 Å². The van der Waals surface area contributed by atoms with Crippen LogP contribution in [0.1, 0.15) is 25.7 Å². The summed E-state index contributed by atoms with van der Waals surface area (Å²) in [7, 11) is 0. The predicted molar refractivity (Wildman–Crippen MR) is 88.2 cm³/mol. The van der Waals surface area contributed by atoms with Crippen LogP contribution in [-0.2, 0) is 11.1 Å². The SMILES string of the molecule is O=S(O)c1ccc(OCCCC2CCN(CC(F)(F)C(F)(F)F)CC2)nc1. The van der Waals surface area contributed by atoms with E-state index in [1.54, 1.807) is 0 Å². The van der Waals surface area contributed by atoms with Crippen molar-refractivity contribution >= 4 is 11.1 Å². The largest absolute Gasteiger partial charge is 0.478 e. The van der Waals surface area contributed by atoms with Crippen LogP contribution in [0.5, 0.6) is 5.88 Å². The van der Waals surface area contributed by atoms with Gasteiger partial charge >= 0.3 is 12.1 Å². The summed E-state index contributed by atoms with van der Waals surface area (Å²) in [6, 6.07) is 2.92. The van der Waals surface area contributed by atoms with Crippen LogP contribution in [0.25, 0.3) is 0 Å². The molecule has 154 valence electrons. The second-order valence-corrected chi connectivity index (χ2v) is 7.46. The second-order valence-electron chi connectivity index (χ2n) is 6.49. The van der Waals surface area contributed by atoms with Crippen molar-refractivity contribution in [1.29, 1.82) is 0 Å². The Morgan fingerprint density at radius 1 is 1.22 bits per heavy atom. The van der Waals surface area contributed by atoms with Crippen molar-refractivity contribution < 1.29 is 35.5 Å². The zero-order chi connectivity index (χ0) is 20.1. The van der Waals surface area contributed by atoms with Crippen molar-refractivity contribution in [3.8, 4) is 5.88 Å². The molecule has 0 aromatic carbocycles. The van der Waals surface area contributed by atoms with Crippen molar-refractivity contribution in [2.24, 2.45) is 5.92 Å². The summed E-state index contributed by atoms with van der Waals surface area (Å²) in [5.41, 5.74) is 0. The zero-order valence-corrected chi connectivity index (χ0v) is 15.2. The standard InChI is InChI=1S/C16H21F5N2O3S/c17-15(18,16(19,20)21)11-23-7-5-12(6-8-23)2-1-9-26-14-4-3-13(10-22-14)27(24)25/h3-4,10,12H,1-2,5-9,11H2,(H,24,25). The molecule has 0 amide bonds. The van der Waals surface area contributed by atoms with Gasteiger partial charge in [0.2, 0.25) is 5.88 Å². The number of pyridine rings is 1.